The number of piperidine rings is 1. The number of aromatic nitrogens is 4. The molecule has 2 aliphatic heterocycles. The van der Waals surface area contributed by atoms with Gasteiger partial charge in [0.1, 0.15) is 11.6 Å². The fraction of sp³-hybridized carbons (Fsp3) is 0.333. The fourth-order valence-electron chi connectivity index (χ4n) is 9.78. The Morgan fingerprint density at radius 3 is 2.50 bits per heavy atom. The average Bonchev–Trinajstić information content (AvgIpc) is 3.75. The highest BCUT2D eigenvalue weighted by Crippen LogP contribution is 2.42. The number of carbonyl (C=O) groups excluding carboxylic acids is 4. The SMILES string of the molecule is Cc1nc2cc(NCC(=O)N3CCN(CCn4c(C=O)c(CCCOc5cccc6cc(F)ccc56)c5ccc(Cl)c(-c6c(C)nn(C)c6C)c54)CC3)ccc2cc1C1CCC(=O)NC1=O. The van der Waals surface area contributed by atoms with Crippen LogP contribution in [0.3, 0.4) is 0 Å². The van der Waals surface area contributed by atoms with Crippen molar-refractivity contribution < 1.29 is 28.3 Å². The molecule has 340 valence electrons. The highest BCUT2D eigenvalue weighted by molar-refractivity contribution is 6.35. The first-order chi connectivity index (χ1) is 31.9. The molecule has 3 amide bonds. The number of fused-ring (bicyclic) bond motifs is 3. The molecule has 0 bridgehead atoms. The van der Waals surface area contributed by atoms with Gasteiger partial charge in [-0.2, -0.15) is 5.10 Å². The Labute approximate surface area is 386 Å². The van der Waals surface area contributed by atoms with Gasteiger partial charge in [-0.25, -0.2) is 4.39 Å². The molecule has 2 N–H and O–H groups in total. The topological polar surface area (TPSA) is 144 Å². The molecular formula is C51H52ClFN8O5. The second-order valence-corrected chi connectivity index (χ2v) is 17.8. The first-order valence-electron chi connectivity index (χ1n) is 22.5. The number of hydrogen-bond acceptors (Lipinski definition) is 9. The van der Waals surface area contributed by atoms with E-state index < -0.39 is 5.92 Å². The van der Waals surface area contributed by atoms with Crippen LogP contribution in [0.5, 0.6) is 5.75 Å². The minimum absolute atomic E-state index is 0.00352. The zero-order chi connectivity index (χ0) is 46.2. The van der Waals surface area contributed by atoms with Crippen molar-refractivity contribution in [3.63, 3.8) is 0 Å². The van der Waals surface area contributed by atoms with Gasteiger partial charge in [-0.05, 0) is 105 Å². The second kappa shape index (κ2) is 18.7. The van der Waals surface area contributed by atoms with Gasteiger partial charge in [0, 0.05) is 97.1 Å². The number of aryl methyl sites for hydroxylation is 4. The lowest BCUT2D eigenvalue weighted by molar-refractivity contribution is -0.134. The summed E-state index contributed by atoms with van der Waals surface area (Å²) in [4.78, 5) is 59.9. The van der Waals surface area contributed by atoms with Crippen LogP contribution in [0.1, 0.15) is 63.9 Å². The third-order valence-electron chi connectivity index (χ3n) is 13.3. The number of carbonyl (C=O) groups is 4. The number of nitrogens with one attached hydrogen (secondary N) is 2. The summed E-state index contributed by atoms with van der Waals surface area (Å²) in [7, 11) is 1.92. The van der Waals surface area contributed by atoms with Gasteiger partial charge in [-0.3, -0.25) is 39.1 Å². The van der Waals surface area contributed by atoms with Crippen molar-refractivity contribution in [3.05, 3.63) is 118 Å². The number of piperazine rings is 1. The van der Waals surface area contributed by atoms with Crippen LogP contribution < -0.4 is 15.4 Å². The minimum Gasteiger partial charge on any atom is -0.493 e. The summed E-state index contributed by atoms with van der Waals surface area (Å²) in [6.07, 6.45) is 2.93. The maximum absolute atomic E-state index is 13.9. The Bertz CT molecular complexity index is 3060. The summed E-state index contributed by atoms with van der Waals surface area (Å²) in [5.74, 6) is -0.567. The summed E-state index contributed by atoms with van der Waals surface area (Å²) in [6, 6.07) is 21.9. The number of amides is 3. The van der Waals surface area contributed by atoms with Gasteiger partial charge in [0.25, 0.3) is 0 Å². The molecule has 1 atom stereocenters. The maximum atomic E-state index is 13.9. The van der Waals surface area contributed by atoms with E-state index in [1.54, 1.807) is 6.07 Å². The Morgan fingerprint density at radius 1 is 0.939 bits per heavy atom. The first kappa shape index (κ1) is 44.6. The van der Waals surface area contributed by atoms with Gasteiger partial charge in [0.05, 0.1) is 46.5 Å². The Morgan fingerprint density at radius 2 is 1.74 bits per heavy atom. The van der Waals surface area contributed by atoms with Crippen molar-refractivity contribution >= 4 is 73.9 Å². The van der Waals surface area contributed by atoms with Crippen molar-refractivity contribution in [2.45, 2.75) is 58.9 Å². The van der Waals surface area contributed by atoms with Crippen molar-refractivity contribution in [2.75, 3.05) is 51.2 Å². The molecule has 0 aliphatic carbocycles. The number of ether oxygens (including phenoxy) is 1. The quantitative estimate of drug-likeness (QED) is 0.0630. The average molecular weight is 911 g/mol. The summed E-state index contributed by atoms with van der Waals surface area (Å²) in [6.45, 7) is 10.1. The number of nitrogens with zero attached hydrogens (tertiary/aromatic N) is 6. The lowest BCUT2D eigenvalue weighted by Crippen LogP contribution is -2.50. The third kappa shape index (κ3) is 8.74. The molecular weight excluding hydrogens is 859 g/mol. The fourth-order valence-corrected chi connectivity index (χ4v) is 10.0. The van der Waals surface area contributed by atoms with E-state index in [1.807, 2.05) is 92.0 Å². The van der Waals surface area contributed by atoms with Crippen LogP contribution in [-0.4, -0.2) is 99.0 Å². The van der Waals surface area contributed by atoms with Gasteiger partial charge in [-0.1, -0.05) is 35.9 Å². The van der Waals surface area contributed by atoms with E-state index in [0.717, 1.165) is 83.9 Å². The van der Waals surface area contributed by atoms with Crippen LogP contribution in [0.15, 0.2) is 72.8 Å². The second-order valence-electron chi connectivity index (χ2n) is 17.3. The highest BCUT2D eigenvalue weighted by atomic mass is 35.5. The zero-order valence-corrected chi connectivity index (χ0v) is 38.3. The minimum atomic E-state index is -0.413. The summed E-state index contributed by atoms with van der Waals surface area (Å²) < 4.78 is 24.1. The predicted molar refractivity (Wildman–Crippen MR) is 255 cm³/mol. The Balaban J connectivity index is 0.874. The van der Waals surface area contributed by atoms with Crippen molar-refractivity contribution in [1.29, 1.82) is 0 Å². The van der Waals surface area contributed by atoms with Crippen LogP contribution in [0.4, 0.5) is 10.1 Å². The van der Waals surface area contributed by atoms with Crippen LogP contribution in [0.25, 0.3) is 43.7 Å². The number of pyridine rings is 1. The zero-order valence-electron chi connectivity index (χ0n) is 37.5. The molecule has 15 heteroatoms. The molecule has 66 heavy (non-hydrogen) atoms. The number of hydrogen-bond donors (Lipinski definition) is 2. The standard InChI is InChI=1S/C51H52ClFN8O5/c1-30-41(40-15-17-46(63)56-51(40)65)26-34-10-12-36(27-43(34)55-30)54-28-47(64)60-21-18-59(19-22-60)20-23-61-44(29-62)38(8-6-24-66-45-9-5-7-33-25-35(53)11-13-37(33)45)39-14-16-42(52)49(50(39)61)48-31(2)57-58(4)32(48)3/h5,7,9-14,16,25-27,29,40,54H,6,8,15,17-24,28H2,1-4H3,(H,56,63,65). The van der Waals surface area contributed by atoms with Gasteiger partial charge in [0.15, 0.2) is 6.29 Å². The van der Waals surface area contributed by atoms with E-state index in [0.29, 0.717) is 88.0 Å². The molecule has 2 aliphatic rings. The third-order valence-corrected chi connectivity index (χ3v) is 13.6. The number of anilines is 1. The molecule has 4 aromatic carbocycles. The lowest BCUT2D eigenvalue weighted by atomic mass is 9.89. The van der Waals surface area contributed by atoms with Crippen molar-refractivity contribution in [1.82, 2.24) is 34.4 Å². The molecule has 0 spiro atoms. The van der Waals surface area contributed by atoms with E-state index >= 15 is 0 Å². The van der Waals surface area contributed by atoms with Gasteiger partial charge in [0.2, 0.25) is 17.7 Å². The van der Waals surface area contributed by atoms with Crippen LogP contribution in [0.2, 0.25) is 5.02 Å². The van der Waals surface area contributed by atoms with E-state index in [2.05, 4.69) is 20.1 Å². The van der Waals surface area contributed by atoms with Crippen molar-refractivity contribution in [2.24, 2.45) is 7.05 Å². The molecule has 1 unspecified atom stereocenters. The van der Waals surface area contributed by atoms with E-state index in [-0.39, 0.29) is 30.1 Å². The largest absolute Gasteiger partial charge is 0.493 e. The van der Waals surface area contributed by atoms with Gasteiger partial charge >= 0.3 is 0 Å². The van der Waals surface area contributed by atoms with Crippen molar-refractivity contribution in [3.8, 4) is 16.9 Å². The number of halogens is 2. The Hall–Kier alpha value is -6.64. The molecule has 7 aromatic rings. The van der Waals surface area contributed by atoms with Gasteiger partial charge in [-0.15, -0.1) is 0 Å². The van der Waals surface area contributed by atoms with Crippen LogP contribution in [0, 0.1) is 26.6 Å². The summed E-state index contributed by atoms with van der Waals surface area (Å²) >= 11 is 7.09. The lowest BCUT2D eigenvalue weighted by Gasteiger charge is -2.35. The molecule has 2 saturated heterocycles. The molecule has 0 radical (unpaired) electrons. The molecule has 5 heterocycles. The first-order valence-corrected chi connectivity index (χ1v) is 22.9. The smallest absolute Gasteiger partial charge is 0.241 e. The van der Waals surface area contributed by atoms with E-state index in [1.165, 1.54) is 12.1 Å². The summed E-state index contributed by atoms with van der Waals surface area (Å²) in [5, 5.41) is 14.5. The number of rotatable bonds is 14. The van der Waals surface area contributed by atoms with E-state index in [4.69, 9.17) is 26.4 Å². The number of imide groups is 1. The predicted octanol–water partition coefficient (Wildman–Crippen LogP) is 8.06. The van der Waals surface area contributed by atoms with Crippen LogP contribution in [-0.2, 0) is 34.4 Å². The molecule has 13 nitrogen and oxygen atoms in total. The van der Waals surface area contributed by atoms with Crippen LogP contribution >= 0.6 is 11.6 Å². The molecule has 3 aromatic heterocycles. The number of benzene rings is 4. The normalized spacial score (nSPS) is 15.8. The van der Waals surface area contributed by atoms with E-state index in [9.17, 15) is 23.6 Å². The highest BCUT2D eigenvalue weighted by Gasteiger charge is 2.30. The molecule has 0 saturated carbocycles. The number of aldehydes is 1. The molecule has 2 fully saturated rings. The Kier molecular flexibility index (Phi) is 12.6. The summed E-state index contributed by atoms with van der Waals surface area (Å²) in [5.41, 5.74) is 9.10. The molecule has 9 rings (SSSR count). The monoisotopic (exact) mass is 910 g/mol. The maximum Gasteiger partial charge on any atom is 0.241 e. The van der Waals surface area contributed by atoms with Gasteiger partial charge < -0.3 is 19.5 Å².